The van der Waals surface area contributed by atoms with Gasteiger partial charge in [-0.3, -0.25) is 4.79 Å². The highest BCUT2D eigenvalue weighted by Crippen LogP contribution is 2.18. The monoisotopic (exact) mass is 208 g/mol. The van der Waals surface area contributed by atoms with Crippen molar-refractivity contribution in [3.8, 4) is 0 Å². The number of nitrogens with one attached hydrogen (secondary N) is 1. The molecule has 0 unspecified atom stereocenters. The fourth-order valence-corrected chi connectivity index (χ4v) is 1.25. The van der Waals surface area contributed by atoms with Gasteiger partial charge in [0.1, 0.15) is 5.82 Å². The van der Waals surface area contributed by atoms with E-state index in [-0.39, 0.29) is 5.91 Å². The van der Waals surface area contributed by atoms with E-state index in [1.165, 1.54) is 0 Å². The third-order valence-corrected chi connectivity index (χ3v) is 2.18. The Morgan fingerprint density at radius 2 is 2.40 bits per heavy atom. The van der Waals surface area contributed by atoms with Gasteiger partial charge in [0.05, 0.1) is 5.69 Å². The minimum atomic E-state index is 0.0179. The second-order valence-corrected chi connectivity index (χ2v) is 3.25. The van der Waals surface area contributed by atoms with Crippen LogP contribution in [0.25, 0.3) is 0 Å². The molecule has 1 amide bonds. The molecule has 0 bridgehead atoms. The van der Waals surface area contributed by atoms with Crippen LogP contribution >= 0.6 is 0 Å². The molecule has 0 aliphatic rings. The molecule has 0 aromatic carbocycles. The molecule has 1 heterocycles. The molecule has 0 saturated carbocycles. The van der Waals surface area contributed by atoms with E-state index in [0.29, 0.717) is 18.8 Å². The van der Waals surface area contributed by atoms with E-state index < -0.39 is 0 Å². The standard InChI is InChI=1S/C10H16N4O/c1-12-9(15)5-7-14(2)8-4-3-6-13-10(8)11/h3-4,6H,5,7H2,1-2H3,(H2,11,13)(H,12,15). The fraction of sp³-hybridized carbons (Fsp3) is 0.400. The molecule has 5 nitrogen and oxygen atoms in total. The first-order valence-corrected chi connectivity index (χ1v) is 4.77. The Balaban J connectivity index is 2.57. The molecular weight excluding hydrogens is 192 g/mol. The number of nitrogens with two attached hydrogens (primary N) is 1. The van der Waals surface area contributed by atoms with Gasteiger partial charge >= 0.3 is 0 Å². The maximum Gasteiger partial charge on any atom is 0.221 e. The summed E-state index contributed by atoms with van der Waals surface area (Å²) < 4.78 is 0. The molecule has 82 valence electrons. The zero-order valence-electron chi connectivity index (χ0n) is 9.03. The van der Waals surface area contributed by atoms with Crippen molar-refractivity contribution in [3.05, 3.63) is 18.3 Å². The summed E-state index contributed by atoms with van der Waals surface area (Å²) in [6.07, 6.45) is 2.09. The summed E-state index contributed by atoms with van der Waals surface area (Å²) in [7, 11) is 3.51. The van der Waals surface area contributed by atoms with Crippen LogP contribution in [0.1, 0.15) is 6.42 Å². The lowest BCUT2D eigenvalue weighted by Crippen LogP contribution is -2.26. The van der Waals surface area contributed by atoms with Crippen molar-refractivity contribution in [2.45, 2.75) is 6.42 Å². The van der Waals surface area contributed by atoms with Crippen molar-refractivity contribution < 1.29 is 4.79 Å². The fourth-order valence-electron chi connectivity index (χ4n) is 1.25. The number of anilines is 2. The van der Waals surface area contributed by atoms with Crippen LogP contribution in [0.15, 0.2) is 18.3 Å². The summed E-state index contributed by atoms with van der Waals surface area (Å²) >= 11 is 0. The number of rotatable bonds is 4. The van der Waals surface area contributed by atoms with Crippen LogP contribution in [0.5, 0.6) is 0 Å². The van der Waals surface area contributed by atoms with Crippen LogP contribution in [-0.2, 0) is 4.79 Å². The Kier molecular flexibility index (Phi) is 3.91. The summed E-state index contributed by atoms with van der Waals surface area (Å²) in [5.41, 5.74) is 6.56. The molecule has 0 saturated heterocycles. The number of carbonyl (C=O) groups excluding carboxylic acids is 1. The predicted molar refractivity (Wildman–Crippen MR) is 60.6 cm³/mol. The van der Waals surface area contributed by atoms with Crippen molar-refractivity contribution >= 4 is 17.4 Å². The zero-order chi connectivity index (χ0) is 11.3. The second-order valence-electron chi connectivity index (χ2n) is 3.25. The molecule has 0 fully saturated rings. The van der Waals surface area contributed by atoms with Gasteiger partial charge in [-0.05, 0) is 12.1 Å². The quantitative estimate of drug-likeness (QED) is 0.743. The first kappa shape index (κ1) is 11.3. The topological polar surface area (TPSA) is 71.2 Å². The Labute approximate surface area is 89.3 Å². The number of nitrogen functional groups attached to an aromatic ring is 1. The van der Waals surface area contributed by atoms with Gasteiger partial charge in [-0.15, -0.1) is 0 Å². The molecule has 3 N–H and O–H groups in total. The minimum Gasteiger partial charge on any atom is -0.382 e. The maximum absolute atomic E-state index is 11.0. The maximum atomic E-state index is 11.0. The van der Waals surface area contributed by atoms with E-state index in [9.17, 15) is 4.79 Å². The van der Waals surface area contributed by atoms with Crippen molar-refractivity contribution in [2.24, 2.45) is 0 Å². The lowest BCUT2D eigenvalue weighted by atomic mass is 10.3. The highest BCUT2D eigenvalue weighted by molar-refractivity contribution is 5.76. The first-order valence-electron chi connectivity index (χ1n) is 4.77. The summed E-state index contributed by atoms with van der Waals surface area (Å²) in [6.45, 7) is 0.621. The van der Waals surface area contributed by atoms with Gasteiger partial charge in [0, 0.05) is 33.3 Å². The Bertz CT molecular complexity index is 340. The van der Waals surface area contributed by atoms with Crippen molar-refractivity contribution in [3.63, 3.8) is 0 Å². The van der Waals surface area contributed by atoms with Crippen LogP contribution in [0.2, 0.25) is 0 Å². The van der Waals surface area contributed by atoms with Crippen molar-refractivity contribution in [1.29, 1.82) is 0 Å². The lowest BCUT2D eigenvalue weighted by molar-refractivity contribution is -0.120. The first-order chi connectivity index (χ1) is 7.15. The number of amides is 1. The molecule has 1 rings (SSSR count). The average molecular weight is 208 g/mol. The summed E-state index contributed by atoms with van der Waals surface area (Å²) in [6, 6.07) is 3.70. The van der Waals surface area contributed by atoms with Gasteiger partial charge in [0.15, 0.2) is 0 Å². The second kappa shape index (κ2) is 5.19. The molecule has 1 aromatic heterocycles. The number of hydrogen-bond donors (Lipinski definition) is 2. The number of hydrogen-bond acceptors (Lipinski definition) is 4. The summed E-state index contributed by atoms with van der Waals surface area (Å²) in [4.78, 5) is 16.9. The third-order valence-electron chi connectivity index (χ3n) is 2.18. The van der Waals surface area contributed by atoms with Crippen LogP contribution < -0.4 is 16.0 Å². The Hall–Kier alpha value is -1.78. The average Bonchev–Trinajstić information content (AvgIpc) is 2.26. The van der Waals surface area contributed by atoms with Gasteiger partial charge in [0.25, 0.3) is 0 Å². The van der Waals surface area contributed by atoms with Gasteiger partial charge in [-0.25, -0.2) is 4.98 Å². The van der Waals surface area contributed by atoms with Gasteiger partial charge in [-0.1, -0.05) is 0 Å². The van der Waals surface area contributed by atoms with Crippen molar-refractivity contribution in [1.82, 2.24) is 10.3 Å². The minimum absolute atomic E-state index is 0.0179. The zero-order valence-corrected chi connectivity index (χ0v) is 9.03. The van der Waals surface area contributed by atoms with Crippen LogP contribution in [0, 0.1) is 0 Å². The Morgan fingerprint density at radius 1 is 1.67 bits per heavy atom. The van der Waals surface area contributed by atoms with E-state index in [2.05, 4.69) is 10.3 Å². The van der Waals surface area contributed by atoms with Gasteiger partial charge < -0.3 is 16.0 Å². The molecule has 0 radical (unpaired) electrons. The van der Waals surface area contributed by atoms with E-state index in [4.69, 9.17) is 5.73 Å². The largest absolute Gasteiger partial charge is 0.382 e. The van der Waals surface area contributed by atoms with E-state index in [0.717, 1.165) is 5.69 Å². The number of carbonyl (C=O) groups is 1. The van der Waals surface area contributed by atoms with Gasteiger partial charge in [0.2, 0.25) is 5.91 Å². The highest BCUT2D eigenvalue weighted by Gasteiger charge is 2.06. The SMILES string of the molecule is CNC(=O)CCN(C)c1cccnc1N. The predicted octanol–water partition coefficient (Wildman–Crippen LogP) is 0.236. The summed E-state index contributed by atoms with van der Waals surface area (Å²) in [5, 5.41) is 2.57. The van der Waals surface area contributed by atoms with Crippen LogP contribution in [0.4, 0.5) is 11.5 Å². The molecule has 0 aliphatic heterocycles. The van der Waals surface area contributed by atoms with Crippen LogP contribution in [0.3, 0.4) is 0 Å². The molecule has 0 spiro atoms. The molecule has 0 atom stereocenters. The number of pyridine rings is 1. The lowest BCUT2D eigenvalue weighted by Gasteiger charge is -2.19. The normalized spacial score (nSPS) is 9.73. The molecule has 5 heteroatoms. The third kappa shape index (κ3) is 3.12. The van der Waals surface area contributed by atoms with E-state index >= 15 is 0 Å². The summed E-state index contributed by atoms with van der Waals surface area (Å²) in [5.74, 6) is 0.501. The van der Waals surface area contributed by atoms with E-state index in [1.54, 1.807) is 13.2 Å². The highest BCUT2D eigenvalue weighted by atomic mass is 16.1. The molecule has 1 aromatic rings. The molecular formula is C10H16N4O. The molecule has 0 aliphatic carbocycles. The number of nitrogens with zero attached hydrogens (tertiary/aromatic N) is 2. The number of aromatic nitrogens is 1. The van der Waals surface area contributed by atoms with Crippen LogP contribution in [-0.4, -0.2) is 31.5 Å². The van der Waals surface area contributed by atoms with E-state index in [1.807, 2.05) is 24.1 Å². The van der Waals surface area contributed by atoms with Gasteiger partial charge in [-0.2, -0.15) is 0 Å². The van der Waals surface area contributed by atoms with Crippen molar-refractivity contribution in [2.75, 3.05) is 31.3 Å². The smallest absolute Gasteiger partial charge is 0.221 e. The molecule has 15 heavy (non-hydrogen) atoms. The Morgan fingerprint density at radius 3 is 3.00 bits per heavy atom.